The van der Waals surface area contributed by atoms with E-state index in [0.717, 1.165) is 47.5 Å². The fraction of sp³-hybridized carbons (Fsp3) is 0.409. The maximum Gasteiger partial charge on any atom is 0.252 e. The summed E-state index contributed by atoms with van der Waals surface area (Å²) in [5.74, 6) is -0.0481. The summed E-state index contributed by atoms with van der Waals surface area (Å²) >= 11 is 0. The summed E-state index contributed by atoms with van der Waals surface area (Å²) in [6.45, 7) is 7.23. The Morgan fingerprint density at radius 2 is 2.00 bits per heavy atom. The van der Waals surface area contributed by atoms with Gasteiger partial charge >= 0.3 is 0 Å². The molecule has 4 rings (SSSR count). The summed E-state index contributed by atoms with van der Waals surface area (Å²) in [7, 11) is 1.91. The number of fused-ring (bicyclic) bond motifs is 1. The number of aromatic nitrogens is 3. The average Bonchev–Trinajstić information content (AvgIpc) is 3.31. The number of pyridine rings is 1. The van der Waals surface area contributed by atoms with Crippen LogP contribution in [0.3, 0.4) is 0 Å². The van der Waals surface area contributed by atoms with Gasteiger partial charge in [-0.2, -0.15) is 5.10 Å². The second-order valence-corrected chi connectivity index (χ2v) is 7.72. The lowest BCUT2D eigenvalue weighted by molar-refractivity contribution is 0.0933. The Morgan fingerprint density at radius 1 is 1.25 bits per heavy atom. The number of carbonyl (C=O) groups excluding carboxylic acids is 1. The first-order valence-corrected chi connectivity index (χ1v) is 9.95. The molecule has 1 unspecified atom stereocenters. The molecule has 1 saturated heterocycles. The van der Waals surface area contributed by atoms with Crippen molar-refractivity contribution >= 4 is 16.8 Å². The number of nitrogens with one attached hydrogen (secondary N) is 1. The Hall–Kier alpha value is -2.73. The van der Waals surface area contributed by atoms with E-state index >= 15 is 0 Å². The molecule has 3 heterocycles. The molecule has 0 bridgehead atoms. The van der Waals surface area contributed by atoms with Gasteiger partial charge in [0.25, 0.3) is 5.91 Å². The summed E-state index contributed by atoms with van der Waals surface area (Å²) in [4.78, 5) is 20.3. The van der Waals surface area contributed by atoms with Crippen molar-refractivity contribution in [3.05, 3.63) is 47.8 Å². The zero-order valence-corrected chi connectivity index (χ0v) is 16.8. The summed E-state index contributed by atoms with van der Waals surface area (Å²) in [5, 5.41) is 8.38. The number of hydrogen-bond donors (Lipinski definition) is 1. The molecule has 1 amide bonds. The molecule has 0 saturated carbocycles. The number of para-hydroxylation sites is 1. The Kier molecular flexibility index (Phi) is 5.13. The van der Waals surface area contributed by atoms with E-state index in [2.05, 4.69) is 22.2 Å². The van der Waals surface area contributed by atoms with Gasteiger partial charge in [-0.15, -0.1) is 0 Å². The highest BCUT2D eigenvalue weighted by Gasteiger charge is 2.19. The number of amides is 1. The number of benzene rings is 1. The minimum absolute atomic E-state index is 0.0481. The lowest BCUT2D eigenvalue weighted by atomic mass is 10.0. The minimum atomic E-state index is -0.0481. The molecule has 0 radical (unpaired) electrons. The fourth-order valence-electron chi connectivity index (χ4n) is 3.95. The van der Waals surface area contributed by atoms with Crippen LogP contribution in [0.2, 0.25) is 0 Å². The van der Waals surface area contributed by atoms with Crippen molar-refractivity contribution in [3.8, 4) is 11.3 Å². The van der Waals surface area contributed by atoms with Crippen LogP contribution >= 0.6 is 0 Å². The van der Waals surface area contributed by atoms with Gasteiger partial charge in [-0.05, 0) is 51.9 Å². The van der Waals surface area contributed by atoms with Crippen LogP contribution in [0.4, 0.5) is 0 Å². The van der Waals surface area contributed by atoms with Gasteiger partial charge in [0.05, 0.1) is 23.0 Å². The van der Waals surface area contributed by atoms with Crippen molar-refractivity contribution in [2.24, 2.45) is 7.05 Å². The monoisotopic (exact) mass is 377 g/mol. The van der Waals surface area contributed by atoms with E-state index in [0.29, 0.717) is 5.56 Å². The fourth-order valence-corrected chi connectivity index (χ4v) is 3.95. The highest BCUT2D eigenvalue weighted by atomic mass is 16.1. The number of nitrogens with zero attached hydrogens (tertiary/aromatic N) is 4. The standard InChI is InChI=1S/C22H27N5O/c1-15(14-27-10-6-7-11-27)24-22(28)18-12-21(19-13-23-26(3)16(19)2)25-20-9-5-4-8-17(18)20/h4-5,8-9,12-13,15H,6-7,10-11,14H2,1-3H3,(H,24,28). The average molecular weight is 377 g/mol. The zero-order chi connectivity index (χ0) is 19.7. The molecular weight excluding hydrogens is 350 g/mol. The van der Waals surface area contributed by atoms with Crippen LogP contribution in [-0.4, -0.2) is 51.2 Å². The van der Waals surface area contributed by atoms with Gasteiger partial charge in [0.2, 0.25) is 0 Å². The van der Waals surface area contributed by atoms with E-state index in [9.17, 15) is 4.79 Å². The normalized spacial score (nSPS) is 15.8. The van der Waals surface area contributed by atoms with Crippen molar-refractivity contribution in [2.45, 2.75) is 32.7 Å². The van der Waals surface area contributed by atoms with Crippen molar-refractivity contribution in [1.29, 1.82) is 0 Å². The van der Waals surface area contributed by atoms with Crippen LogP contribution in [0.5, 0.6) is 0 Å². The largest absolute Gasteiger partial charge is 0.348 e. The molecule has 1 aliphatic rings. The molecule has 0 spiro atoms. The number of likely N-dealkylation sites (tertiary alicyclic amines) is 1. The highest BCUT2D eigenvalue weighted by molar-refractivity contribution is 6.07. The number of carbonyl (C=O) groups is 1. The molecule has 1 fully saturated rings. The topological polar surface area (TPSA) is 63.1 Å². The van der Waals surface area contributed by atoms with E-state index in [1.54, 1.807) is 0 Å². The van der Waals surface area contributed by atoms with Crippen LogP contribution in [0.25, 0.3) is 22.2 Å². The smallest absolute Gasteiger partial charge is 0.252 e. The maximum absolute atomic E-state index is 13.1. The second-order valence-electron chi connectivity index (χ2n) is 7.72. The Balaban J connectivity index is 1.66. The third-order valence-electron chi connectivity index (χ3n) is 5.58. The molecule has 1 aliphatic heterocycles. The molecule has 28 heavy (non-hydrogen) atoms. The van der Waals surface area contributed by atoms with Crippen LogP contribution in [0.1, 0.15) is 35.8 Å². The van der Waals surface area contributed by atoms with Gasteiger partial charge in [0, 0.05) is 36.3 Å². The van der Waals surface area contributed by atoms with Gasteiger partial charge in [0.15, 0.2) is 0 Å². The highest BCUT2D eigenvalue weighted by Crippen LogP contribution is 2.26. The van der Waals surface area contributed by atoms with E-state index in [4.69, 9.17) is 4.98 Å². The number of aryl methyl sites for hydroxylation is 1. The van der Waals surface area contributed by atoms with Crippen molar-refractivity contribution in [3.63, 3.8) is 0 Å². The lowest BCUT2D eigenvalue weighted by Gasteiger charge is -2.21. The summed E-state index contributed by atoms with van der Waals surface area (Å²) in [6, 6.07) is 9.80. The molecule has 2 aromatic heterocycles. The molecule has 146 valence electrons. The lowest BCUT2D eigenvalue weighted by Crippen LogP contribution is -2.41. The van der Waals surface area contributed by atoms with Gasteiger partial charge in [-0.1, -0.05) is 18.2 Å². The molecule has 0 aliphatic carbocycles. The van der Waals surface area contributed by atoms with Crippen LogP contribution in [0, 0.1) is 6.92 Å². The Bertz CT molecular complexity index is 1000. The minimum Gasteiger partial charge on any atom is -0.348 e. The summed E-state index contributed by atoms with van der Waals surface area (Å²) < 4.78 is 1.82. The third kappa shape index (κ3) is 3.64. The first-order valence-electron chi connectivity index (χ1n) is 9.95. The first-order chi connectivity index (χ1) is 13.5. The summed E-state index contributed by atoms with van der Waals surface area (Å²) in [5.41, 5.74) is 4.24. The van der Waals surface area contributed by atoms with Gasteiger partial charge in [-0.25, -0.2) is 4.98 Å². The number of rotatable bonds is 5. The van der Waals surface area contributed by atoms with E-state index < -0.39 is 0 Å². The predicted octanol–water partition coefficient (Wildman–Crippen LogP) is 3.16. The molecule has 3 aromatic rings. The SMILES string of the molecule is Cc1c(-c2cc(C(=O)NC(C)CN3CCCC3)c3ccccc3n2)cnn1C. The Labute approximate surface area is 165 Å². The molecule has 1 atom stereocenters. The molecule has 1 aromatic carbocycles. The van der Waals surface area contributed by atoms with Crippen molar-refractivity contribution < 1.29 is 4.79 Å². The van der Waals surface area contributed by atoms with E-state index in [-0.39, 0.29) is 11.9 Å². The van der Waals surface area contributed by atoms with Gasteiger partial charge < -0.3 is 10.2 Å². The van der Waals surface area contributed by atoms with Crippen LogP contribution in [0.15, 0.2) is 36.5 Å². The Morgan fingerprint density at radius 3 is 2.71 bits per heavy atom. The maximum atomic E-state index is 13.1. The van der Waals surface area contributed by atoms with Crippen LogP contribution in [-0.2, 0) is 7.05 Å². The first kappa shape index (κ1) is 18.6. The van der Waals surface area contributed by atoms with E-state index in [1.807, 2.05) is 55.2 Å². The van der Waals surface area contributed by atoms with E-state index in [1.165, 1.54) is 12.8 Å². The predicted molar refractivity (Wildman–Crippen MR) is 111 cm³/mol. The summed E-state index contributed by atoms with van der Waals surface area (Å²) in [6.07, 6.45) is 4.32. The van der Waals surface area contributed by atoms with Crippen molar-refractivity contribution in [2.75, 3.05) is 19.6 Å². The third-order valence-corrected chi connectivity index (χ3v) is 5.58. The van der Waals surface area contributed by atoms with Crippen molar-refractivity contribution in [1.82, 2.24) is 25.0 Å². The molecule has 6 nitrogen and oxygen atoms in total. The van der Waals surface area contributed by atoms with Gasteiger partial charge in [-0.3, -0.25) is 9.48 Å². The zero-order valence-electron chi connectivity index (χ0n) is 16.8. The molecule has 6 heteroatoms. The molecule has 1 N–H and O–H groups in total. The number of hydrogen-bond acceptors (Lipinski definition) is 4. The van der Waals surface area contributed by atoms with Crippen LogP contribution < -0.4 is 5.32 Å². The second kappa shape index (κ2) is 7.72. The van der Waals surface area contributed by atoms with Gasteiger partial charge in [0.1, 0.15) is 0 Å². The molecular formula is C22H27N5O. The quantitative estimate of drug-likeness (QED) is 0.742.